The van der Waals surface area contributed by atoms with Crippen molar-refractivity contribution in [2.24, 2.45) is 0 Å². The fourth-order valence-electron chi connectivity index (χ4n) is 4.62. The van der Waals surface area contributed by atoms with E-state index in [4.69, 9.17) is 4.74 Å². The molecule has 0 saturated carbocycles. The van der Waals surface area contributed by atoms with Crippen LogP contribution in [0.15, 0.2) is 71.5 Å². The number of hydrogen-bond donors (Lipinski definition) is 1. The van der Waals surface area contributed by atoms with E-state index in [1.54, 1.807) is 62.4 Å². The van der Waals surface area contributed by atoms with Crippen molar-refractivity contribution in [1.82, 2.24) is 14.5 Å². The first kappa shape index (κ1) is 30.4. The van der Waals surface area contributed by atoms with Crippen LogP contribution < -0.4 is 15.6 Å². The third kappa shape index (κ3) is 6.19. The van der Waals surface area contributed by atoms with Gasteiger partial charge in [0, 0.05) is 12.2 Å². The molecule has 2 amide bonds. The molecule has 1 unspecified atom stereocenters. The molecule has 3 aromatic carbocycles. The summed E-state index contributed by atoms with van der Waals surface area (Å²) in [7, 11) is 1.48. The number of fused-ring (bicyclic) bond motifs is 1. The number of benzene rings is 3. The van der Waals surface area contributed by atoms with E-state index < -0.39 is 46.8 Å². The fourth-order valence-corrected chi connectivity index (χ4v) is 4.62. The maximum atomic E-state index is 13.7. The number of para-hydroxylation sites is 1. The molecule has 0 aliphatic carbocycles. The number of aromatic nitrogens is 2. The number of amides is 2. The van der Waals surface area contributed by atoms with Crippen molar-refractivity contribution in [3.8, 4) is 11.4 Å². The Balaban J connectivity index is 1.82. The number of anilines is 1. The number of carbonyl (C=O) groups is 1. The van der Waals surface area contributed by atoms with E-state index in [9.17, 15) is 35.9 Å². The number of rotatable bonds is 7. The highest BCUT2D eigenvalue weighted by Crippen LogP contribution is 2.38. The minimum atomic E-state index is -5.08. The van der Waals surface area contributed by atoms with Crippen LogP contribution in [-0.4, -0.2) is 34.1 Å². The Hall–Kier alpha value is -4.55. The number of methoxy groups -OCH3 is 1. The van der Waals surface area contributed by atoms with Crippen molar-refractivity contribution in [3.63, 3.8) is 0 Å². The molecule has 0 saturated heterocycles. The summed E-state index contributed by atoms with van der Waals surface area (Å²) in [4.78, 5) is 33.0. The quantitative estimate of drug-likeness (QED) is 0.227. The van der Waals surface area contributed by atoms with Crippen LogP contribution >= 0.6 is 0 Å². The maximum absolute atomic E-state index is 13.7. The maximum Gasteiger partial charge on any atom is 0.416 e. The standard InChI is InChI=1S/C29H26F6N4O3/c1-4-24(38(5-2)27(41)36-19-15-17(28(30,31)32)14-18(16-19)29(33,34)35)25-37-23-9-7-6-8-22(23)26(40)39(25)20-10-12-21(42-3)13-11-20/h6-16,24H,4-5H2,1-3H3,(H,36,41). The Morgan fingerprint density at radius 1 is 0.952 bits per heavy atom. The smallest absolute Gasteiger partial charge is 0.416 e. The van der Waals surface area contributed by atoms with Crippen molar-refractivity contribution in [2.75, 3.05) is 19.0 Å². The summed E-state index contributed by atoms with van der Waals surface area (Å²) in [5, 5.41) is 2.49. The van der Waals surface area contributed by atoms with E-state index in [-0.39, 0.29) is 24.9 Å². The van der Waals surface area contributed by atoms with Crippen LogP contribution in [-0.2, 0) is 12.4 Å². The zero-order valence-corrected chi connectivity index (χ0v) is 22.7. The van der Waals surface area contributed by atoms with Gasteiger partial charge in [-0.25, -0.2) is 9.78 Å². The Morgan fingerprint density at radius 3 is 2.07 bits per heavy atom. The van der Waals surface area contributed by atoms with Crippen molar-refractivity contribution in [1.29, 1.82) is 0 Å². The van der Waals surface area contributed by atoms with Crippen molar-refractivity contribution in [2.45, 2.75) is 38.7 Å². The number of hydrogen-bond acceptors (Lipinski definition) is 4. The molecule has 7 nitrogen and oxygen atoms in total. The number of nitrogens with one attached hydrogen (secondary N) is 1. The van der Waals surface area contributed by atoms with Gasteiger partial charge in [-0.2, -0.15) is 26.3 Å². The average Bonchev–Trinajstić information content (AvgIpc) is 2.94. The molecule has 13 heteroatoms. The third-order valence-electron chi connectivity index (χ3n) is 6.63. The van der Waals surface area contributed by atoms with Crippen molar-refractivity contribution < 1.29 is 35.9 Å². The molecule has 0 aliphatic rings. The summed E-state index contributed by atoms with van der Waals surface area (Å²) in [5.41, 5.74) is -3.47. The molecule has 0 aliphatic heterocycles. The van der Waals surface area contributed by atoms with Gasteiger partial charge in [-0.3, -0.25) is 9.36 Å². The molecule has 0 spiro atoms. The van der Waals surface area contributed by atoms with E-state index in [2.05, 4.69) is 10.3 Å². The molecule has 1 heterocycles. The number of ether oxygens (including phenoxy) is 1. The summed E-state index contributed by atoms with van der Waals surface area (Å²) >= 11 is 0. The zero-order chi connectivity index (χ0) is 30.8. The number of carbonyl (C=O) groups excluding carboxylic acids is 1. The Bertz CT molecular complexity index is 1620. The minimum absolute atomic E-state index is 0.0132. The van der Waals surface area contributed by atoms with Crippen molar-refractivity contribution >= 4 is 22.6 Å². The predicted octanol–water partition coefficient (Wildman–Crippen LogP) is 7.44. The van der Waals surface area contributed by atoms with Gasteiger partial charge < -0.3 is 15.0 Å². The molecule has 4 rings (SSSR count). The van der Waals surface area contributed by atoms with Gasteiger partial charge in [0.1, 0.15) is 11.6 Å². The summed E-state index contributed by atoms with van der Waals surface area (Å²) in [6, 6.07) is 12.1. The lowest BCUT2D eigenvalue weighted by Gasteiger charge is -2.31. The molecule has 1 atom stereocenters. The van der Waals surface area contributed by atoms with Crippen LogP contribution in [0.5, 0.6) is 5.75 Å². The molecule has 0 radical (unpaired) electrons. The van der Waals surface area contributed by atoms with Crippen LogP contribution in [0.3, 0.4) is 0 Å². The van der Waals surface area contributed by atoms with E-state index in [1.165, 1.54) is 16.6 Å². The second-order valence-electron chi connectivity index (χ2n) is 9.26. The van der Waals surface area contributed by atoms with Crippen LogP contribution in [0.2, 0.25) is 0 Å². The second kappa shape index (κ2) is 11.7. The molecular formula is C29H26F6N4O3. The molecule has 222 valence electrons. The molecule has 0 bridgehead atoms. The number of halogens is 6. The van der Waals surface area contributed by atoms with Gasteiger partial charge in [0.15, 0.2) is 0 Å². The Morgan fingerprint density at radius 2 is 1.55 bits per heavy atom. The first-order valence-corrected chi connectivity index (χ1v) is 12.8. The van der Waals surface area contributed by atoms with Gasteiger partial charge >= 0.3 is 18.4 Å². The molecule has 0 fully saturated rings. The van der Waals surface area contributed by atoms with Gasteiger partial charge in [-0.1, -0.05) is 19.1 Å². The van der Waals surface area contributed by atoms with Gasteiger partial charge in [-0.15, -0.1) is 0 Å². The summed E-state index contributed by atoms with van der Waals surface area (Å²) in [6.45, 7) is 3.29. The highest BCUT2D eigenvalue weighted by Gasteiger charge is 2.37. The lowest BCUT2D eigenvalue weighted by Crippen LogP contribution is -2.40. The van der Waals surface area contributed by atoms with Gasteiger partial charge in [-0.05, 0) is 67.9 Å². The number of urea groups is 1. The van der Waals surface area contributed by atoms with Gasteiger partial charge in [0.2, 0.25) is 0 Å². The highest BCUT2D eigenvalue weighted by atomic mass is 19.4. The Labute approximate surface area is 236 Å². The third-order valence-corrected chi connectivity index (χ3v) is 6.63. The lowest BCUT2D eigenvalue weighted by atomic mass is 10.1. The van der Waals surface area contributed by atoms with E-state index in [0.29, 0.717) is 34.5 Å². The summed E-state index contributed by atoms with van der Waals surface area (Å²) in [5.74, 6) is 0.686. The van der Waals surface area contributed by atoms with Crippen LogP contribution in [0, 0.1) is 0 Å². The van der Waals surface area contributed by atoms with Gasteiger partial charge in [0.05, 0.1) is 40.9 Å². The largest absolute Gasteiger partial charge is 0.497 e. The van der Waals surface area contributed by atoms with Gasteiger partial charge in [0.25, 0.3) is 5.56 Å². The van der Waals surface area contributed by atoms with E-state index in [0.717, 1.165) is 0 Å². The van der Waals surface area contributed by atoms with E-state index in [1.807, 2.05) is 0 Å². The summed E-state index contributed by atoms with van der Waals surface area (Å²) in [6.07, 6.45) is -9.96. The topological polar surface area (TPSA) is 76.5 Å². The normalized spacial score (nSPS) is 12.7. The minimum Gasteiger partial charge on any atom is -0.497 e. The number of nitrogens with zero attached hydrogens (tertiary/aromatic N) is 3. The second-order valence-corrected chi connectivity index (χ2v) is 9.26. The zero-order valence-electron chi connectivity index (χ0n) is 22.7. The molecule has 1 N–H and O–H groups in total. The first-order valence-electron chi connectivity index (χ1n) is 12.8. The van der Waals surface area contributed by atoms with Crippen LogP contribution in [0.1, 0.15) is 43.3 Å². The van der Waals surface area contributed by atoms with Crippen molar-refractivity contribution in [3.05, 3.63) is 94.0 Å². The van der Waals surface area contributed by atoms with Crippen LogP contribution in [0.4, 0.5) is 36.8 Å². The fraction of sp³-hybridized carbons (Fsp3) is 0.276. The lowest BCUT2D eigenvalue weighted by molar-refractivity contribution is -0.143. The average molecular weight is 593 g/mol. The van der Waals surface area contributed by atoms with Crippen LogP contribution in [0.25, 0.3) is 16.6 Å². The summed E-state index contributed by atoms with van der Waals surface area (Å²) < 4.78 is 86.8. The number of alkyl halides is 6. The van der Waals surface area contributed by atoms with E-state index >= 15 is 0 Å². The highest BCUT2D eigenvalue weighted by molar-refractivity contribution is 5.90. The SMILES string of the molecule is CCC(c1nc2ccccc2c(=O)n1-c1ccc(OC)cc1)N(CC)C(=O)Nc1cc(C(F)(F)F)cc(C(F)(F)F)c1. The Kier molecular flexibility index (Phi) is 8.50. The molecule has 42 heavy (non-hydrogen) atoms. The molecule has 1 aromatic heterocycles. The predicted molar refractivity (Wildman–Crippen MR) is 145 cm³/mol. The first-order chi connectivity index (χ1) is 19.8. The monoisotopic (exact) mass is 592 g/mol. The molecule has 4 aromatic rings. The molecular weight excluding hydrogens is 566 g/mol.